The summed E-state index contributed by atoms with van der Waals surface area (Å²) in [5, 5.41) is 0. The lowest BCUT2D eigenvalue weighted by Gasteiger charge is -2.15. The first kappa shape index (κ1) is 16.6. The Hall–Kier alpha value is -3.87. The van der Waals surface area contributed by atoms with E-state index in [-0.39, 0.29) is 34.5 Å². The van der Waals surface area contributed by atoms with Crippen molar-refractivity contribution in [1.29, 1.82) is 0 Å². The monoisotopic (exact) mass is 360 g/mol. The van der Waals surface area contributed by atoms with Crippen molar-refractivity contribution in [3.05, 3.63) is 82.6 Å². The van der Waals surface area contributed by atoms with Crippen molar-refractivity contribution >= 4 is 29.9 Å². The zero-order valence-electron chi connectivity index (χ0n) is 13.9. The summed E-state index contributed by atoms with van der Waals surface area (Å²) in [6.45, 7) is -0.228. The largest absolute Gasteiger partial charge is 0.296 e. The van der Waals surface area contributed by atoms with E-state index >= 15 is 0 Å². The quantitative estimate of drug-likeness (QED) is 0.470. The third-order valence-corrected chi connectivity index (χ3v) is 4.53. The topological polar surface area (TPSA) is 91.8 Å². The molecule has 7 heteroatoms. The molecule has 0 saturated carbocycles. The molecule has 0 N–H and O–H groups in total. The second-order valence-electron chi connectivity index (χ2n) is 6.00. The van der Waals surface area contributed by atoms with Crippen molar-refractivity contribution in [2.45, 2.75) is 0 Å². The Kier molecular flexibility index (Phi) is 3.77. The van der Waals surface area contributed by atoms with E-state index in [0.717, 1.165) is 9.80 Å². The molecular weight excluding hydrogens is 348 g/mol. The summed E-state index contributed by atoms with van der Waals surface area (Å²) in [7, 11) is 0. The highest BCUT2D eigenvalue weighted by atomic mass is 16.2. The van der Waals surface area contributed by atoms with Crippen molar-refractivity contribution in [3.63, 3.8) is 0 Å². The van der Waals surface area contributed by atoms with Gasteiger partial charge in [-0.1, -0.05) is 24.3 Å². The predicted octanol–water partition coefficient (Wildman–Crippen LogP) is 1.66. The standard InChI is InChI=1S/C20H12N2O5/c23-11-12(22-19(26)15-7-3-4-8-16(15)20(22)27)9-10-21-17(24)13-5-1-2-6-14(13)18(21)25/h1-9,11H,10H2/b12-9+. The molecule has 4 amide bonds. The van der Waals surface area contributed by atoms with Crippen LogP contribution in [0.5, 0.6) is 0 Å². The number of aldehydes is 1. The summed E-state index contributed by atoms with van der Waals surface area (Å²) in [4.78, 5) is 62.9. The van der Waals surface area contributed by atoms with Crippen LogP contribution in [0.2, 0.25) is 0 Å². The zero-order valence-corrected chi connectivity index (χ0v) is 13.9. The lowest BCUT2D eigenvalue weighted by molar-refractivity contribution is -0.105. The minimum atomic E-state index is -0.615. The molecule has 2 aliphatic heterocycles. The maximum Gasteiger partial charge on any atom is 0.266 e. The number of carbonyl (C=O) groups is 5. The van der Waals surface area contributed by atoms with E-state index in [1.807, 2.05) is 0 Å². The Morgan fingerprint density at radius 3 is 1.52 bits per heavy atom. The van der Waals surface area contributed by atoms with Gasteiger partial charge in [-0.3, -0.25) is 28.9 Å². The fraction of sp³-hybridized carbons (Fsp3) is 0.0500. The van der Waals surface area contributed by atoms with Crippen molar-refractivity contribution in [3.8, 4) is 0 Å². The van der Waals surface area contributed by atoms with Crippen LogP contribution in [0.25, 0.3) is 0 Å². The molecule has 0 radical (unpaired) electrons. The van der Waals surface area contributed by atoms with E-state index in [0.29, 0.717) is 6.29 Å². The van der Waals surface area contributed by atoms with Crippen LogP contribution in [0.3, 0.4) is 0 Å². The van der Waals surface area contributed by atoms with Crippen LogP contribution in [0, 0.1) is 0 Å². The second kappa shape index (κ2) is 6.14. The number of carbonyl (C=O) groups excluding carboxylic acids is 5. The molecule has 27 heavy (non-hydrogen) atoms. The molecule has 0 aliphatic carbocycles. The van der Waals surface area contributed by atoms with Gasteiger partial charge in [-0.15, -0.1) is 0 Å². The van der Waals surface area contributed by atoms with Crippen molar-refractivity contribution < 1.29 is 24.0 Å². The van der Waals surface area contributed by atoms with Crippen LogP contribution in [0.4, 0.5) is 0 Å². The Labute approximate surface area is 153 Å². The lowest BCUT2D eigenvalue weighted by Crippen LogP contribution is -2.33. The third-order valence-electron chi connectivity index (χ3n) is 4.53. The van der Waals surface area contributed by atoms with Gasteiger partial charge >= 0.3 is 0 Å². The van der Waals surface area contributed by atoms with Gasteiger partial charge in [0.05, 0.1) is 28.0 Å². The number of benzene rings is 2. The first-order valence-corrected chi connectivity index (χ1v) is 8.13. The summed E-state index contributed by atoms with van der Waals surface area (Å²) in [6, 6.07) is 12.6. The Morgan fingerprint density at radius 1 is 0.704 bits per heavy atom. The first-order chi connectivity index (χ1) is 13.0. The van der Waals surface area contributed by atoms with E-state index in [1.54, 1.807) is 36.4 Å². The molecule has 0 atom stereocenters. The number of allylic oxidation sites excluding steroid dienone is 1. The van der Waals surface area contributed by atoms with Crippen LogP contribution >= 0.6 is 0 Å². The molecule has 2 aliphatic rings. The summed E-state index contributed by atoms with van der Waals surface area (Å²) in [5.41, 5.74) is 0.762. The van der Waals surface area contributed by atoms with E-state index in [1.165, 1.54) is 18.2 Å². The molecular formula is C20H12N2O5. The van der Waals surface area contributed by atoms with Gasteiger partial charge in [0.15, 0.2) is 6.29 Å². The Morgan fingerprint density at radius 2 is 1.11 bits per heavy atom. The normalized spacial score (nSPS) is 16.1. The van der Waals surface area contributed by atoms with Crippen molar-refractivity contribution in [1.82, 2.24) is 9.80 Å². The molecule has 2 aromatic carbocycles. The average Bonchev–Trinajstić information content (AvgIpc) is 3.09. The van der Waals surface area contributed by atoms with Gasteiger partial charge in [-0.2, -0.15) is 0 Å². The minimum absolute atomic E-state index is 0.205. The molecule has 132 valence electrons. The van der Waals surface area contributed by atoms with Crippen molar-refractivity contribution in [2.75, 3.05) is 6.54 Å². The van der Waals surface area contributed by atoms with Gasteiger partial charge in [-0.05, 0) is 30.3 Å². The summed E-state index contributed by atoms with van der Waals surface area (Å²) >= 11 is 0. The number of hydrogen-bond donors (Lipinski definition) is 0. The number of fused-ring (bicyclic) bond motifs is 2. The van der Waals surface area contributed by atoms with Crippen LogP contribution in [-0.2, 0) is 4.79 Å². The minimum Gasteiger partial charge on any atom is -0.296 e. The molecule has 0 aromatic heterocycles. The van der Waals surface area contributed by atoms with Gasteiger partial charge in [0.2, 0.25) is 0 Å². The molecule has 7 nitrogen and oxygen atoms in total. The summed E-state index contributed by atoms with van der Waals surface area (Å²) in [5.74, 6) is -2.20. The van der Waals surface area contributed by atoms with Crippen LogP contribution in [0.15, 0.2) is 60.3 Å². The van der Waals surface area contributed by atoms with Gasteiger partial charge < -0.3 is 0 Å². The maximum absolute atomic E-state index is 12.5. The highest BCUT2D eigenvalue weighted by Crippen LogP contribution is 2.26. The van der Waals surface area contributed by atoms with Crippen LogP contribution < -0.4 is 0 Å². The predicted molar refractivity (Wildman–Crippen MR) is 92.9 cm³/mol. The first-order valence-electron chi connectivity index (χ1n) is 8.13. The number of nitrogens with zero attached hydrogens (tertiary/aromatic N) is 2. The van der Waals surface area contributed by atoms with Gasteiger partial charge in [0.1, 0.15) is 0 Å². The molecule has 0 unspecified atom stereocenters. The van der Waals surface area contributed by atoms with E-state index in [2.05, 4.69) is 0 Å². The van der Waals surface area contributed by atoms with Gasteiger partial charge in [0.25, 0.3) is 23.6 Å². The fourth-order valence-corrected chi connectivity index (χ4v) is 3.21. The number of hydrogen-bond acceptors (Lipinski definition) is 5. The van der Waals surface area contributed by atoms with E-state index in [9.17, 15) is 24.0 Å². The van der Waals surface area contributed by atoms with Gasteiger partial charge in [0, 0.05) is 6.54 Å². The average molecular weight is 360 g/mol. The number of rotatable bonds is 4. The van der Waals surface area contributed by atoms with Gasteiger partial charge in [-0.25, -0.2) is 4.90 Å². The third kappa shape index (κ3) is 2.40. The Bertz CT molecular complexity index is 1000. The smallest absolute Gasteiger partial charge is 0.266 e. The molecule has 2 heterocycles. The molecule has 0 saturated heterocycles. The highest BCUT2D eigenvalue weighted by Gasteiger charge is 2.38. The van der Waals surface area contributed by atoms with Crippen LogP contribution in [-0.4, -0.2) is 46.3 Å². The SMILES string of the molecule is O=C/C(=C\CN1C(=O)c2ccccc2C1=O)N1C(=O)c2ccccc2C1=O. The molecule has 0 spiro atoms. The highest BCUT2D eigenvalue weighted by molar-refractivity contribution is 6.24. The maximum atomic E-state index is 12.5. The lowest BCUT2D eigenvalue weighted by atomic mass is 10.1. The zero-order chi connectivity index (χ0) is 19.1. The molecule has 4 rings (SSSR count). The number of amides is 4. The van der Waals surface area contributed by atoms with E-state index < -0.39 is 23.6 Å². The molecule has 0 fully saturated rings. The molecule has 0 bridgehead atoms. The summed E-state index contributed by atoms with van der Waals surface area (Å²) in [6.07, 6.45) is 1.59. The molecule has 2 aromatic rings. The van der Waals surface area contributed by atoms with Crippen molar-refractivity contribution in [2.24, 2.45) is 0 Å². The summed E-state index contributed by atoms with van der Waals surface area (Å²) < 4.78 is 0. The van der Waals surface area contributed by atoms with Crippen LogP contribution in [0.1, 0.15) is 41.4 Å². The Balaban J connectivity index is 1.62. The number of imide groups is 2. The second-order valence-corrected chi connectivity index (χ2v) is 6.00. The fourth-order valence-electron chi connectivity index (χ4n) is 3.21. The van der Waals surface area contributed by atoms with E-state index in [4.69, 9.17) is 0 Å².